The first-order valence-corrected chi connectivity index (χ1v) is 14.7. The fraction of sp³-hybridized carbons (Fsp3) is 1.00. The van der Waals surface area contributed by atoms with Crippen LogP contribution in [0.5, 0.6) is 0 Å². The van der Waals surface area contributed by atoms with Crippen molar-refractivity contribution in [3.63, 3.8) is 0 Å². The van der Waals surface area contributed by atoms with Crippen LogP contribution in [0.3, 0.4) is 0 Å². The van der Waals surface area contributed by atoms with Crippen molar-refractivity contribution < 1.29 is 26.2 Å². The zero-order chi connectivity index (χ0) is 16.1. The predicted molar refractivity (Wildman–Crippen MR) is 91.1 cm³/mol. The van der Waals surface area contributed by atoms with Crippen LogP contribution in [0, 0.1) is 0 Å². The third kappa shape index (κ3) is 24.7. The van der Waals surface area contributed by atoms with Crippen LogP contribution in [-0.4, -0.2) is 58.1 Å². The molecule has 6 nitrogen and oxygen atoms in total. The third-order valence-electron chi connectivity index (χ3n) is 1.21. The van der Waals surface area contributed by atoms with Crippen LogP contribution in [0.15, 0.2) is 0 Å². The van der Waals surface area contributed by atoms with Gasteiger partial charge in [-0.3, -0.25) is 0 Å². The molecule has 120 valence electrons. The Morgan fingerprint density at radius 1 is 1.11 bits per heavy atom. The molecule has 0 saturated carbocycles. The van der Waals surface area contributed by atoms with Crippen LogP contribution >= 0.6 is 39.8 Å². The smallest absolute Gasteiger partial charge is 0.304 e. The summed E-state index contributed by atoms with van der Waals surface area (Å²) in [5, 5.41) is 0. The van der Waals surface area contributed by atoms with Crippen molar-refractivity contribution in [3.8, 4) is 0 Å². The molecule has 0 heterocycles. The SMILES string of the molecule is COP(=O)(OC)SC.CSS(C)(=O)=O.CSS(C)=O. The standard InChI is InChI=1S/C3H9O3PS.C2H6O2S2.C2H6OS2/c1-5-7(4,6-2)8-3;1-5-6(2,3)4;1-4-5(2)3/h1-3H3;1-2H3;1-2H3. The summed E-state index contributed by atoms with van der Waals surface area (Å²) >= 11 is 1.08. The van der Waals surface area contributed by atoms with Gasteiger partial charge in [0.1, 0.15) is 0 Å². The largest absolute Gasteiger partial charge is 0.388 e. The van der Waals surface area contributed by atoms with E-state index in [0.29, 0.717) is 0 Å². The lowest BCUT2D eigenvalue weighted by Crippen LogP contribution is -1.83. The highest BCUT2D eigenvalue weighted by atomic mass is 33.1. The van der Waals surface area contributed by atoms with Gasteiger partial charge in [0.25, 0.3) is 0 Å². The van der Waals surface area contributed by atoms with Gasteiger partial charge >= 0.3 is 6.80 Å². The van der Waals surface area contributed by atoms with E-state index in [1.807, 2.05) is 6.26 Å². The molecule has 0 N–H and O–H groups in total. The van der Waals surface area contributed by atoms with Gasteiger partial charge in [0.05, 0.1) is 9.83 Å². The maximum atomic E-state index is 10.8. The van der Waals surface area contributed by atoms with E-state index in [0.717, 1.165) is 22.2 Å². The summed E-state index contributed by atoms with van der Waals surface area (Å²) in [6.45, 7) is -2.75. The molecular formula is C7H21O6PS5. The highest BCUT2D eigenvalue weighted by molar-refractivity contribution is 8.71. The Balaban J connectivity index is -0.000000209. The van der Waals surface area contributed by atoms with Crippen molar-refractivity contribution >= 4 is 58.5 Å². The lowest BCUT2D eigenvalue weighted by atomic mass is 11.8. The van der Waals surface area contributed by atoms with E-state index >= 15 is 0 Å². The molecule has 0 aliphatic rings. The summed E-state index contributed by atoms with van der Waals surface area (Å²) in [6, 6.07) is 0. The zero-order valence-corrected chi connectivity index (χ0v) is 16.9. The van der Waals surface area contributed by atoms with Gasteiger partial charge in [-0.05, 0) is 40.9 Å². The topological polar surface area (TPSA) is 86.7 Å². The summed E-state index contributed by atoms with van der Waals surface area (Å²) < 4.78 is 49.7. The van der Waals surface area contributed by atoms with Gasteiger partial charge in [-0.25, -0.2) is 17.2 Å². The maximum absolute atomic E-state index is 10.8. The molecule has 0 fully saturated rings. The predicted octanol–water partition coefficient (Wildman–Crippen LogP) is 2.70. The molecule has 0 aromatic heterocycles. The first-order chi connectivity index (χ1) is 8.51. The number of rotatable bonds is 5. The molecule has 0 bridgehead atoms. The number of hydrogen-bond donors (Lipinski definition) is 0. The zero-order valence-electron chi connectivity index (χ0n) is 11.9. The minimum atomic E-state index is -2.75. The van der Waals surface area contributed by atoms with E-state index < -0.39 is 25.5 Å². The van der Waals surface area contributed by atoms with Crippen molar-refractivity contribution in [3.05, 3.63) is 0 Å². The fourth-order valence-corrected chi connectivity index (χ4v) is 1.57. The average Bonchev–Trinajstić information content (AvgIpc) is 2.38. The minimum absolute atomic E-state index is 0.656. The van der Waals surface area contributed by atoms with E-state index in [1.165, 1.54) is 37.5 Å². The molecule has 19 heavy (non-hydrogen) atoms. The van der Waals surface area contributed by atoms with E-state index in [-0.39, 0.29) is 0 Å². The van der Waals surface area contributed by atoms with Crippen molar-refractivity contribution in [1.82, 2.24) is 0 Å². The molecule has 0 aromatic rings. The Bertz CT molecular complexity index is 351. The van der Waals surface area contributed by atoms with E-state index in [9.17, 15) is 17.2 Å². The van der Waals surface area contributed by atoms with Crippen molar-refractivity contribution in [2.24, 2.45) is 0 Å². The molecule has 0 amide bonds. The highest BCUT2D eigenvalue weighted by Gasteiger charge is 2.17. The van der Waals surface area contributed by atoms with Crippen molar-refractivity contribution in [2.45, 2.75) is 0 Å². The Morgan fingerprint density at radius 2 is 1.37 bits per heavy atom. The molecule has 0 aliphatic heterocycles. The lowest BCUT2D eigenvalue weighted by molar-refractivity contribution is 0.295. The summed E-state index contributed by atoms with van der Waals surface area (Å²) in [7, 11) is 1.53. The van der Waals surface area contributed by atoms with E-state index in [4.69, 9.17) is 0 Å². The Hall–Kier alpha value is 1.30. The second-order valence-electron chi connectivity index (χ2n) is 2.43. The van der Waals surface area contributed by atoms with Gasteiger partial charge in [0.2, 0.25) is 0 Å². The molecule has 0 aliphatic carbocycles. The quantitative estimate of drug-likeness (QED) is 0.517. The van der Waals surface area contributed by atoms with Crippen LogP contribution in [0.4, 0.5) is 0 Å². The Kier molecular flexibility index (Phi) is 18.9. The van der Waals surface area contributed by atoms with Gasteiger partial charge < -0.3 is 9.05 Å². The molecule has 0 saturated heterocycles. The molecule has 1 unspecified atom stereocenters. The molecule has 0 rings (SSSR count). The Labute approximate surface area is 130 Å². The first kappa shape index (κ1) is 25.3. The fourth-order valence-electron chi connectivity index (χ4n) is 0.224. The van der Waals surface area contributed by atoms with Gasteiger partial charge in [-0.15, -0.1) is 0 Å². The van der Waals surface area contributed by atoms with Gasteiger partial charge in [0.15, 0.2) is 8.87 Å². The van der Waals surface area contributed by atoms with Crippen LogP contribution < -0.4 is 0 Å². The van der Waals surface area contributed by atoms with Gasteiger partial charge in [-0.2, -0.15) is 0 Å². The molecular weight excluding hydrogens is 371 g/mol. The normalized spacial score (nSPS) is 12.6. The number of hydrogen-bond acceptors (Lipinski definition) is 9. The molecule has 12 heteroatoms. The van der Waals surface area contributed by atoms with E-state index in [1.54, 1.807) is 12.5 Å². The van der Waals surface area contributed by atoms with Crippen molar-refractivity contribution in [1.29, 1.82) is 0 Å². The van der Waals surface area contributed by atoms with Crippen LogP contribution in [0.1, 0.15) is 0 Å². The van der Waals surface area contributed by atoms with Crippen LogP contribution in [-0.2, 0) is 32.3 Å². The summed E-state index contributed by atoms with van der Waals surface area (Å²) in [6.07, 6.45) is 7.86. The van der Waals surface area contributed by atoms with Crippen molar-refractivity contribution in [2.75, 3.05) is 45.5 Å². The Morgan fingerprint density at radius 3 is 1.37 bits per heavy atom. The summed E-state index contributed by atoms with van der Waals surface area (Å²) in [4.78, 5) is 0. The minimum Gasteiger partial charge on any atom is -0.304 e. The molecule has 0 aromatic carbocycles. The third-order valence-corrected chi connectivity index (χ3v) is 9.09. The second-order valence-corrected chi connectivity index (χ2v) is 15.0. The lowest BCUT2D eigenvalue weighted by Gasteiger charge is -2.07. The van der Waals surface area contributed by atoms with Gasteiger partial charge in [-0.1, -0.05) is 10.8 Å². The van der Waals surface area contributed by atoms with E-state index in [2.05, 4.69) is 9.05 Å². The second kappa shape index (κ2) is 14.2. The highest BCUT2D eigenvalue weighted by Crippen LogP contribution is 2.57. The molecule has 0 radical (unpaired) electrons. The van der Waals surface area contributed by atoms with Crippen LogP contribution in [0.25, 0.3) is 0 Å². The van der Waals surface area contributed by atoms with Crippen LogP contribution in [0.2, 0.25) is 0 Å². The maximum Gasteiger partial charge on any atom is 0.388 e. The summed E-state index contributed by atoms with van der Waals surface area (Å²) in [5.74, 6) is 0. The molecule has 1 atom stereocenters. The average molecular weight is 393 g/mol. The van der Waals surface area contributed by atoms with Gasteiger partial charge in [0, 0.05) is 26.7 Å². The first-order valence-electron chi connectivity index (χ1n) is 4.42. The monoisotopic (exact) mass is 392 g/mol. The summed E-state index contributed by atoms with van der Waals surface area (Å²) in [5.41, 5.74) is 0. The molecule has 0 spiro atoms.